The quantitative estimate of drug-likeness (QED) is 0.399. The number of nitrogen functional groups attached to an aromatic ring is 1. The molecule has 1 amide bonds. The standard InChI is InChI=1S/C25H29N5O5/c1-16(2)14-29(20(31)13-27-19-11-9-18(10-12-19)24(33)35-3)21-22(26)30(25(34)28-23(21)32)15-17-7-5-4-6-8-17/h4-12,16,27H,13-15,26H2,1-3H3,(H,28,32,34). The number of nitrogens with one attached hydrogen (secondary N) is 2. The number of anilines is 3. The first-order valence-electron chi connectivity index (χ1n) is 11.1. The van der Waals surface area contributed by atoms with Gasteiger partial charge < -0.3 is 20.7 Å². The number of esters is 1. The molecule has 0 fully saturated rings. The van der Waals surface area contributed by atoms with E-state index in [9.17, 15) is 19.2 Å². The number of nitrogens with two attached hydrogens (primary N) is 1. The molecule has 1 aromatic heterocycles. The van der Waals surface area contributed by atoms with E-state index in [-0.39, 0.29) is 37.1 Å². The largest absolute Gasteiger partial charge is 0.465 e. The van der Waals surface area contributed by atoms with E-state index in [0.717, 1.165) is 5.56 Å². The molecule has 3 rings (SSSR count). The number of carbonyl (C=O) groups excluding carboxylic acids is 2. The number of aromatic amines is 1. The molecule has 0 radical (unpaired) electrons. The van der Waals surface area contributed by atoms with Gasteiger partial charge in [-0.3, -0.25) is 19.1 Å². The predicted octanol–water partition coefficient (Wildman–Crippen LogP) is 2.05. The fraction of sp³-hybridized carbons (Fsp3) is 0.280. The highest BCUT2D eigenvalue weighted by Crippen LogP contribution is 2.20. The number of aromatic nitrogens is 2. The van der Waals surface area contributed by atoms with Crippen molar-refractivity contribution in [3.05, 3.63) is 86.6 Å². The van der Waals surface area contributed by atoms with E-state index >= 15 is 0 Å². The first-order valence-corrected chi connectivity index (χ1v) is 11.1. The van der Waals surface area contributed by atoms with E-state index in [1.165, 1.54) is 16.6 Å². The maximum atomic E-state index is 13.2. The van der Waals surface area contributed by atoms with Crippen LogP contribution < -0.4 is 27.2 Å². The van der Waals surface area contributed by atoms with Crippen molar-refractivity contribution >= 4 is 29.1 Å². The van der Waals surface area contributed by atoms with Crippen molar-refractivity contribution in [3.8, 4) is 0 Å². The number of hydrogen-bond donors (Lipinski definition) is 3. The molecule has 0 aliphatic carbocycles. The number of nitrogens with zero attached hydrogens (tertiary/aromatic N) is 2. The molecule has 10 nitrogen and oxygen atoms in total. The van der Waals surface area contributed by atoms with Crippen LogP contribution in [0.15, 0.2) is 64.2 Å². The van der Waals surface area contributed by atoms with Crippen LogP contribution in [-0.4, -0.2) is 41.6 Å². The lowest BCUT2D eigenvalue weighted by Gasteiger charge is -2.26. The van der Waals surface area contributed by atoms with E-state index in [1.54, 1.807) is 24.3 Å². The number of methoxy groups -OCH3 is 1. The Hall–Kier alpha value is -4.34. The Morgan fingerprint density at radius 2 is 1.74 bits per heavy atom. The van der Waals surface area contributed by atoms with Crippen LogP contribution in [0.1, 0.15) is 29.8 Å². The number of H-pyrrole nitrogens is 1. The van der Waals surface area contributed by atoms with Crippen LogP contribution in [0.5, 0.6) is 0 Å². The van der Waals surface area contributed by atoms with Gasteiger partial charge in [-0.25, -0.2) is 9.59 Å². The Kier molecular flexibility index (Phi) is 8.08. The average Bonchev–Trinajstić information content (AvgIpc) is 2.84. The van der Waals surface area contributed by atoms with Gasteiger partial charge in [-0.2, -0.15) is 0 Å². The van der Waals surface area contributed by atoms with Gasteiger partial charge in [0, 0.05) is 12.2 Å². The molecule has 0 spiro atoms. The Morgan fingerprint density at radius 1 is 1.09 bits per heavy atom. The minimum absolute atomic E-state index is 0.0200. The number of hydrogen-bond acceptors (Lipinski definition) is 7. The number of benzene rings is 2. The SMILES string of the molecule is COC(=O)c1ccc(NCC(=O)N(CC(C)C)c2c(N)n(Cc3ccccc3)c(=O)[nH]c2=O)cc1. The zero-order valence-electron chi connectivity index (χ0n) is 19.9. The summed E-state index contributed by atoms with van der Waals surface area (Å²) >= 11 is 0. The van der Waals surface area contributed by atoms with Gasteiger partial charge in [0.15, 0.2) is 5.69 Å². The van der Waals surface area contributed by atoms with Crippen molar-refractivity contribution in [1.82, 2.24) is 9.55 Å². The molecule has 10 heteroatoms. The Labute approximate surface area is 202 Å². The monoisotopic (exact) mass is 479 g/mol. The molecule has 35 heavy (non-hydrogen) atoms. The van der Waals surface area contributed by atoms with E-state index in [1.807, 2.05) is 44.2 Å². The zero-order chi connectivity index (χ0) is 25.5. The molecule has 3 aromatic rings. The van der Waals surface area contributed by atoms with Crippen LogP contribution in [0, 0.1) is 5.92 Å². The molecule has 184 valence electrons. The van der Waals surface area contributed by atoms with Crippen molar-refractivity contribution in [2.75, 3.05) is 36.1 Å². The Bertz CT molecular complexity index is 1300. The normalized spacial score (nSPS) is 10.7. The molecule has 1 heterocycles. The molecule has 0 saturated carbocycles. The number of rotatable bonds is 9. The first-order chi connectivity index (χ1) is 16.7. The van der Waals surface area contributed by atoms with E-state index < -0.39 is 23.1 Å². The summed E-state index contributed by atoms with van der Waals surface area (Å²) in [6, 6.07) is 15.6. The van der Waals surface area contributed by atoms with Gasteiger partial charge in [0.2, 0.25) is 5.91 Å². The van der Waals surface area contributed by atoms with Crippen molar-refractivity contribution in [1.29, 1.82) is 0 Å². The number of amides is 1. The molecule has 0 atom stereocenters. The van der Waals surface area contributed by atoms with Gasteiger partial charge in [0.1, 0.15) is 5.82 Å². The van der Waals surface area contributed by atoms with Crippen molar-refractivity contribution in [2.24, 2.45) is 5.92 Å². The van der Waals surface area contributed by atoms with Crippen LogP contribution in [0.2, 0.25) is 0 Å². The van der Waals surface area contributed by atoms with Gasteiger partial charge in [-0.15, -0.1) is 0 Å². The lowest BCUT2D eigenvalue weighted by Crippen LogP contribution is -2.44. The summed E-state index contributed by atoms with van der Waals surface area (Å²) < 4.78 is 5.92. The first kappa shape index (κ1) is 25.3. The smallest absolute Gasteiger partial charge is 0.337 e. The van der Waals surface area contributed by atoms with Crippen molar-refractivity contribution < 1.29 is 14.3 Å². The summed E-state index contributed by atoms with van der Waals surface area (Å²) in [6.07, 6.45) is 0. The zero-order valence-corrected chi connectivity index (χ0v) is 19.9. The fourth-order valence-electron chi connectivity index (χ4n) is 3.56. The molecular weight excluding hydrogens is 450 g/mol. The van der Waals surface area contributed by atoms with E-state index in [2.05, 4.69) is 15.0 Å². The topological polar surface area (TPSA) is 140 Å². The molecule has 2 aromatic carbocycles. The molecule has 0 bridgehead atoms. The van der Waals surface area contributed by atoms with Crippen LogP contribution in [0.3, 0.4) is 0 Å². The summed E-state index contributed by atoms with van der Waals surface area (Å²) in [5.74, 6) is -0.931. The van der Waals surface area contributed by atoms with Gasteiger partial charge in [0.25, 0.3) is 5.56 Å². The minimum Gasteiger partial charge on any atom is -0.465 e. The second-order valence-electron chi connectivity index (χ2n) is 8.39. The Balaban J connectivity index is 1.89. The minimum atomic E-state index is -0.728. The van der Waals surface area contributed by atoms with Crippen LogP contribution >= 0.6 is 0 Å². The van der Waals surface area contributed by atoms with Gasteiger partial charge in [-0.05, 0) is 35.7 Å². The molecule has 4 N–H and O–H groups in total. The van der Waals surface area contributed by atoms with Crippen LogP contribution in [0.4, 0.5) is 17.2 Å². The number of carbonyl (C=O) groups is 2. The number of ether oxygens (including phenoxy) is 1. The third kappa shape index (κ3) is 6.17. The fourth-order valence-corrected chi connectivity index (χ4v) is 3.56. The van der Waals surface area contributed by atoms with Crippen molar-refractivity contribution in [3.63, 3.8) is 0 Å². The molecule has 0 saturated heterocycles. The lowest BCUT2D eigenvalue weighted by atomic mass is 10.2. The van der Waals surface area contributed by atoms with Gasteiger partial charge in [-0.1, -0.05) is 44.2 Å². The summed E-state index contributed by atoms with van der Waals surface area (Å²) in [6.45, 7) is 4.04. The van der Waals surface area contributed by atoms with Gasteiger partial charge in [0.05, 0.1) is 25.8 Å². The maximum Gasteiger partial charge on any atom is 0.337 e. The predicted molar refractivity (Wildman–Crippen MR) is 135 cm³/mol. The van der Waals surface area contributed by atoms with E-state index in [4.69, 9.17) is 5.73 Å². The highest BCUT2D eigenvalue weighted by atomic mass is 16.5. The average molecular weight is 480 g/mol. The maximum absolute atomic E-state index is 13.2. The van der Waals surface area contributed by atoms with Crippen molar-refractivity contribution in [2.45, 2.75) is 20.4 Å². The molecular formula is C25H29N5O5. The molecule has 0 unspecified atom stereocenters. The molecule has 0 aliphatic heterocycles. The summed E-state index contributed by atoms with van der Waals surface area (Å²) in [5.41, 5.74) is 6.65. The third-order valence-corrected chi connectivity index (χ3v) is 5.27. The highest BCUT2D eigenvalue weighted by Gasteiger charge is 2.25. The van der Waals surface area contributed by atoms with Crippen LogP contribution in [-0.2, 0) is 16.1 Å². The second kappa shape index (κ2) is 11.2. The third-order valence-electron chi connectivity index (χ3n) is 5.27. The summed E-state index contributed by atoms with van der Waals surface area (Å²) in [7, 11) is 1.30. The van der Waals surface area contributed by atoms with E-state index in [0.29, 0.717) is 11.3 Å². The van der Waals surface area contributed by atoms with Crippen LogP contribution in [0.25, 0.3) is 0 Å². The van der Waals surface area contributed by atoms with Gasteiger partial charge >= 0.3 is 11.7 Å². The summed E-state index contributed by atoms with van der Waals surface area (Å²) in [4.78, 5) is 53.7. The summed E-state index contributed by atoms with van der Waals surface area (Å²) in [5, 5.41) is 2.99. The highest BCUT2D eigenvalue weighted by molar-refractivity contribution is 5.98. The Morgan fingerprint density at radius 3 is 2.34 bits per heavy atom. The lowest BCUT2D eigenvalue weighted by molar-refractivity contribution is -0.117. The molecule has 0 aliphatic rings. The second-order valence-corrected chi connectivity index (χ2v) is 8.39.